The number of thiophene rings is 1. The summed E-state index contributed by atoms with van der Waals surface area (Å²) in [5.41, 5.74) is 1.38. The summed E-state index contributed by atoms with van der Waals surface area (Å²) in [6, 6.07) is 13.0. The molecule has 108 valence electrons. The van der Waals surface area contributed by atoms with Gasteiger partial charge in [0, 0.05) is 35.5 Å². The van der Waals surface area contributed by atoms with Gasteiger partial charge < -0.3 is 10.1 Å². The number of rotatable bonds is 8. The van der Waals surface area contributed by atoms with E-state index in [9.17, 15) is 0 Å². The molecule has 2 nitrogen and oxygen atoms in total. The summed E-state index contributed by atoms with van der Waals surface area (Å²) < 4.78 is 6.21. The molecule has 0 aliphatic heterocycles. The number of hydrogen-bond acceptors (Lipinski definition) is 3. The Hall–Kier alpha value is -0.680. The molecule has 1 atom stereocenters. The Balaban J connectivity index is 2.00. The molecule has 0 spiro atoms. The SMILES string of the molecule is COCCNCC(Cc1cccs1)c1ccc(Br)cc1. The Bertz CT molecular complexity index is 484. The largest absolute Gasteiger partial charge is 0.383 e. The van der Waals surface area contributed by atoms with Crippen LogP contribution in [0.5, 0.6) is 0 Å². The van der Waals surface area contributed by atoms with Crippen LogP contribution in [0, 0.1) is 0 Å². The molecule has 0 aliphatic carbocycles. The van der Waals surface area contributed by atoms with Crippen LogP contribution >= 0.6 is 27.3 Å². The molecule has 1 unspecified atom stereocenters. The molecular weight excluding hydrogens is 334 g/mol. The van der Waals surface area contributed by atoms with Crippen LogP contribution in [-0.2, 0) is 11.2 Å². The number of ether oxygens (including phenoxy) is 1. The predicted molar refractivity (Wildman–Crippen MR) is 89.7 cm³/mol. The maximum absolute atomic E-state index is 5.08. The van der Waals surface area contributed by atoms with E-state index in [-0.39, 0.29) is 0 Å². The molecule has 0 bridgehead atoms. The number of halogens is 1. The smallest absolute Gasteiger partial charge is 0.0587 e. The van der Waals surface area contributed by atoms with Crippen molar-refractivity contribution in [3.8, 4) is 0 Å². The van der Waals surface area contributed by atoms with Crippen LogP contribution in [0.15, 0.2) is 46.3 Å². The van der Waals surface area contributed by atoms with Crippen molar-refractivity contribution in [3.05, 3.63) is 56.7 Å². The molecule has 1 aromatic heterocycles. The number of benzene rings is 1. The van der Waals surface area contributed by atoms with Gasteiger partial charge in [-0.25, -0.2) is 0 Å². The van der Waals surface area contributed by atoms with Crippen molar-refractivity contribution in [2.75, 3.05) is 26.8 Å². The first kappa shape index (κ1) is 15.7. The van der Waals surface area contributed by atoms with E-state index in [1.165, 1.54) is 10.4 Å². The van der Waals surface area contributed by atoms with Crippen LogP contribution < -0.4 is 5.32 Å². The predicted octanol–water partition coefficient (Wildman–Crippen LogP) is 4.07. The Morgan fingerprint density at radius 3 is 2.70 bits per heavy atom. The second-order valence-electron chi connectivity index (χ2n) is 4.73. The lowest BCUT2D eigenvalue weighted by molar-refractivity contribution is 0.199. The molecule has 4 heteroatoms. The molecule has 2 aromatic rings. The maximum Gasteiger partial charge on any atom is 0.0587 e. The summed E-state index contributed by atoms with van der Waals surface area (Å²) in [5.74, 6) is 0.499. The highest BCUT2D eigenvalue weighted by Crippen LogP contribution is 2.24. The van der Waals surface area contributed by atoms with Crippen LogP contribution in [0.1, 0.15) is 16.4 Å². The molecule has 2 rings (SSSR count). The highest BCUT2D eigenvalue weighted by atomic mass is 79.9. The monoisotopic (exact) mass is 353 g/mol. The molecule has 1 aromatic carbocycles. The van der Waals surface area contributed by atoms with Crippen LogP contribution in [0.4, 0.5) is 0 Å². The lowest BCUT2D eigenvalue weighted by atomic mass is 9.95. The fourth-order valence-electron chi connectivity index (χ4n) is 2.16. The van der Waals surface area contributed by atoms with Crippen LogP contribution in [0.25, 0.3) is 0 Å². The summed E-state index contributed by atoms with van der Waals surface area (Å²) in [4.78, 5) is 1.44. The van der Waals surface area contributed by atoms with Gasteiger partial charge in [-0.15, -0.1) is 11.3 Å². The first-order chi connectivity index (χ1) is 9.79. The van der Waals surface area contributed by atoms with Gasteiger partial charge in [0.25, 0.3) is 0 Å². The fourth-order valence-corrected chi connectivity index (χ4v) is 3.22. The van der Waals surface area contributed by atoms with E-state index >= 15 is 0 Å². The summed E-state index contributed by atoms with van der Waals surface area (Å²) in [5, 5.41) is 5.63. The Labute approximate surface area is 133 Å². The first-order valence-corrected chi connectivity index (χ1v) is 8.44. The van der Waals surface area contributed by atoms with E-state index in [2.05, 4.69) is 63.0 Å². The lowest BCUT2D eigenvalue weighted by Gasteiger charge is -2.17. The summed E-state index contributed by atoms with van der Waals surface area (Å²) in [6.45, 7) is 2.63. The molecule has 0 saturated heterocycles. The molecule has 0 radical (unpaired) electrons. The van der Waals surface area contributed by atoms with Crippen LogP contribution in [0.3, 0.4) is 0 Å². The van der Waals surface area contributed by atoms with E-state index in [4.69, 9.17) is 4.74 Å². The quantitative estimate of drug-likeness (QED) is 0.722. The van der Waals surface area contributed by atoms with E-state index in [1.807, 2.05) is 11.3 Å². The van der Waals surface area contributed by atoms with Gasteiger partial charge in [0.2, 0.25) is 0 Å². The van der Waals surface area contributed by atoms with Crippen molar-refractivity contribution in [3.63, 3.8) is 0 Å². The second kappa shape index (κ2) is 8.57. The van der Waals surface area contributed by atoms with Gasteiger partial charge in [0.1, 0.15) is 0 Å². The van der Waals surface area contributed by atoms with Crippen molar-refractivity contribution < 1.29 is 4.74 Å². The van der Waals surface area contributed by atoms with Crippen molar-refractivity contribution >= 4 is 27.3 Å². The molecular formula is C16H20BrNOS. The first-order valence-electron chi connectivity index (χ1n) is 6.77. The van der Waals surface area contributed by atoms with Gasteiger partial charge in [0.05, 0.1) is 6.61 Å². The topological polar surface area (TPSA) is 21.3 Å². The lowest BCUT2D eigenvalue weighted by Crippen LogP contribution is -2.26. The van der Waals surface area contributed by atoms with Crippen molar-refractivity contribution in [2.45, 2.75) is 12.3 Å². The third-order valence-electron chi connectivity index (χ3n) is 3.24. The van der Waals surface area contributed by atoms with Gasteiger partial charge in [-0.1, -0.05) is 34.1 Å². The van der Waals surface area contributed by atoms with Gasteiger partial charge >= 0.3 is 0 Å². The zero-order chi connectivity index (χ0) is 14.2. The summed E-state index contributed by atoms with van der Waals surface area (Å²) >= 11 is 5.33. The van der Waals surface area contributed by atoms with Crippen molar-refractivity contribution in [1.82, 2.24) is 5.32 Å². The highest BCUT2D eigenvalue weighted by Gasteiger charge is 2.12. The molecule has 0 amide bonds. The van der Waals surface area contributed by atoms with Crippen molar-refractivity contribution in [1.29, 1.82) is 0 Å². The Morgan fingerprint density at radius 1 is 1.25 bits per heavy atom. The second-order valence-corrected chi connectivity index (χ2v) is 6.68. The fraction of sp³-hybridized carbons (Fsp3) is 0.375. The number of nitrogens with one attached hydrogen (secondary N) is 1. The summed E-state index contributed by atoms with van der Waals surface area (Å²) in [7, 11) is 1.74. The molecule has 20 heavy (non-hydrogen) atoms. The number of hydrogen-bond donors (Lipinski definition) is 1. The molecule has 0 aliphatic rings. The van der Waals surface area contributed by atoms with Gasteiger partial charge in [-0.2, -0.15) is 0 Å². The van der Waals surface area contributed by atoms with Gasteiger partial charge in [-0.05, 0) is 35.6 Å². The van der Waals surface area contributed by atoms with E-state index < -0.39 is 0 Å². The zero-order valence-electron chi connectivity index (χ0n) is 11.6. The third-order valence-corrected chi connectivity index (χ3v) is 4.67. The van der Waals surface area contributed by atoms with Gasteiger partial charge in [0.15, 0.2) is 0 Å². The van der Waals surface area contributed by atoms with Crippen LogP contribution in [-0.4, -0.2) is 26.8 Å². The molecule has 1 N–H and O–H groups in total. The standard InChI is InChI=1S/C16H20BrNOS/c1-19-9-8-18-12-14(11-16-3-2-10-20-16)13-4-6-15(17)7-5-13/h2-7,10,14,18H,8-9,11-12H2,1H3. The summed E-state index contributed by atoms with van der Waals surface area (Å²) in [6.07, 6.45) is 1.08. The van der Waals surface area contributed by atoms with Crippen LogP contribution in [0.2, 0.25) is 0 Å². The minimum Gasteiger partial charge on any atom is -0.383 e. The van der Waals surface area contributed by atoms with E-state index in [0.717, 1.165) is 30.6 Å². The normalized spacial score (nSPS) is 12.5. The maximum atomic E-state index is 5.08. The average Bonchev–Trinajstić information content (AvgIpc) is 2.96. The van der Waals surface area contributed by atoms with E-state index in [0.29, 0.717) is 5.92 Å². The number of methoxy groups -OCH3 is 1. The third kappa shape index (κ3) is 5.02. The minimum absolute atomic E-state index is 0.499. The Kier molecular flexibility index (Phi) is 6.73. The van der Waals surface area contributed by atoms with Gasteiger partial charge in [-0.3, -0.25) is 0 Å². The highest BCUT2D eigenvalue weighted by molar-refractivity contribution is 9.10. The molecule has 0 fully saturated rings. The Morgan fingerprint density at radius 2 is 2.05 bits per heavy atom. The molecule has 0 saturated carbocycles. The van der Waals surface area contributed by atoms with E-state index in [1.54, 1.807) is 7.11 Å². The average molecular weight is 354 g/mol. The van der Waals surface area contributed by atoms with Crippen molar-refractivity contribution in [2.24, 2.45) is 0 Å². The zero-order valence-corrected chi connectivity index (χ0v) is 14.0. The minimum atomic E-state index is 0.499. The molecule has 1 heterocycles.